The summed E-state index contributed by atoms with van der Waals surface area (Å²) in [6, 6.07) is 5.62. The third-order valence-electron chi connectivity index (χ3n) is 1.64. The normalized spacial score (nSPS) is 12.5. The van der Waals surface area contributed by atoms with Gasteiger partial charge < -0.3 is 5.11 Å². The molecule has 1 N–H and O–H groups in total. The van der Waals surface area contributed by atoms with Gasteiger partial charge in [-0.1, -0.05) is 12.1 Å². The first-order valence-electron chi connectivity index (χ1n) is 3.96. The summed E-state index contributed by atoms with van der Waals surface area (Å²) in [6.07, 6.45) is 1.73. The third kappa shape index (κ3) is 2.17. The van der Waals surface area contributed by atoms with Gasteiger partial charge in [0.15, 0.2) is 0 Å². The summed E-state index contributed by atoms with van der Waals surface area (Å²) in [5, 5.41) is 9.51. The molecule has 0 aliphatic rings. The van der Waals surface area contributed by atoms with Gasteiger partial charge in [0.2, 0.25) is 0 Å². The number of aromatic nitrogens is 1. The molecule has 12 heavy (non-hydrogen) atoms. The Morgan fingerprint density at radius 3 is 3.00 bits per heavy atom. The highest BCUT2D eigenvalue weighted by molar-refractivity contribution is 5.12. The van der Waals surface area contributed by atoms with Gasteiger partial charge in [0.1, 0.15) is 0 Å². The van der Waals surface area contributed by atoms with E-state index in [4.69, 9.17) is 0 Å². The number of hydrogen-bond donors (Lipinski definition) is 1. The average Bonchev–Trinajstić information content (AvgIpc) is 2.05. The van der Waals surface area contributed by atoms with E-state index in [1.54, 1.807) is 6.08 Å². The molecular weight excluding hydrogens is 150 g/mol. The van der Waals surface area contributed by atoms with E-state index in [1.807, 2.05) is 25.1 Å². The van der Waals surface area contributed by atoms with E-state index in [9.17, 15) is 5.11 Å². The smallest absolute Gasteiger partial charge is 0.0994 e. The van der Waals surface area contributed by atoms with Gasteiger partial charge in [0.05, 0.1) is 11.8 Å². The lowest BCUT2D eigenvalue weighted by molar-refractivity contribution is 0.176. The number of nitrogens with zero attached hydrogens (tertiary/aromatic N) is 1. The van der Waals surface area contributed by atoms with Gasteiger partial charge in [-0.25, -0.2) is 0 Å². The van der Waals surface area contributed by atoms with Gasteiger partial charge >= 0.3 is 0 Å². The zero-order chi connectivity index (χ0) is 8.97. The van der Waals surface area contributed by atoms with Gasteiger partial charge in [-0.3, -0.25) is 4.98 Å². The van der Waals surface area contributed by atoms with Crippen LogP contribution in [0.5, 0.6) is 0 Å². The fourth-order valence-electron chi connectivity index (χ4n) is 1.03. The van der Waals surface area contributed by atoms with E-state index in [0.717, 1.165) is 11.4 Å². The van der Waals surface area contributed by atoms with Crippen LogP contribution in [0.3, 0.4) is 0 Å². The maximum absolute atomic E-state index is 9.51. The minimum Gasteiger partial charge on any atom is -0.386 e. The van der Waals surface area contributed by atoms with Crippen LogP contribution in [0.4, 0.5) is 0 Å². The Hall–Kier alpha value is -1.15. The Balaban J connectivity index is 2.80. The highest BCUT2D eigenvalue weighted by Crippen LogP contribution is 2.13. The fraction of sp³-hybridized carbons (Fsp3) is 0.300. The topological polar surface area (TPSA) is 33.1 Å². The summed E-state index contributed by atoms with van der Waals surface area (Å²) >= 11 is 0. The molecule has 1 atom stereocenters. The van der Waals surface area contributed by atoms with E-state index in [1.165, 1.54) is 0 Å². The Labute approximate surface area is 72.6 Å². The summed E-state index contributed by atoms with van der Waals surface area (Å²) in [5.74, 6) is 0. The number of aliphatic hydroxyl groups is 1. The van der Waals surface area contributed by atoms with Gasteiger partial charge in [0, 0.05) is 5.69 Å². The van der Waals surface area contributed by atoms with Gasteiger partial charge in [-0.15, -0.1) is 6.58 Å². The van der Waals surface area contributed by atoms with Crippen molar-refractivity contribution in [3.63, 3.8) is 0 Å². The first-order valence-corrected chi connectivity index (χ1v) is 3.96. The standard InChI is InChI=1S/C10H13NO/c1-3-5-10(12)9-7-4-6-8(2)11-9/h3-4,6-7,10,12H,1,5H2,2H3/t10-/m0/s1. The average molecular weight is 163 g/mol. The zero-order valence-electron chi connectivity index (χ0n) is 7.20. The van der Waals surface area contributed by atoms with Crippen LogP contribution in [0.25, 0.3) is 0 Å². The number of hydrogen-bond acceptors (Lipinski definition) is 2. The Kier molecular flexibility index (Phi) is 3.00. The molecule has 2 nitrogen and oxygen atoms in total. The van der Waals surface area contributed by atoms with Crippen molar-refractivity contribution in [1.29, 1.82) is 0 Å². The molecule has 0 bridgehead atoms. The molecule has 1 aromatic rings. The van der Waals surface area contributed by atoms with E-state index < -0.39 is 6.10 Å². The number of aryl methyl sites for hydroxylation is 1. The highest BCUT2D eigenvalue weighted by atomic mass is 16.3. The van der Waals surface area contributed by atoms with Crippen LogP contribution in [0.2, 0.25) is 0 Å². The molecule has 1 rings (SSSR count). The van der Waals surface area contributed by atoms with Crippen LogP contribution < -0.4 is 0 Å². The van der Waals surface area contributed by atoms with Crippen molar-refractivity contribution in [2.45, 2.75) is 19.4 Å². The summed E-state index contributed by atoms with van der Waals surface area (Å²) < 4.78 is 0. The summed E-state index contributed by atoms with van der Waals surface area (Å²) in [5.41, 5.74) is 1.64. The molecule has 2 heteroatoms. The van der Waals surface area contributed by atoms with E-state index >= 15 is 0 Å². The van der Waals surface area contributed by atoms with Crippen LogP contribution >= 0.6 is 0 Å². The lowest BCUT2D eigenvalue weighted by Crippen LogP contribution is -1.99. The van der Waals surface area contributed by atoms with Gasteiger partial charge in [0.25, 0.3) is 0 Å². The van der Waals surface area contributed by atoms with E-state index in [0.29, 0.717) is 6.42 Å². The summed E-state index contributed by atoms with van der Waals surface area (Å²) in [4.78, 5) is 4.19. The predicted molar refractivity (Wildman–Crippen MR) is 48.7 cm³/mol. The lowest BCUT2D eigenvalue weighted by atomic mass is 10.1. The second-order valence-electron chi connectivity index (χ2n) is 2.74. The van der Waals surface area contributed by atoms with Crippen molar-refractivity contribution in [3.05, 3.63) is 42.2 Å². The molecule has 0 aliphatic heterocycles. The predicted octanol–water partition coefficient (Wildman–Crippen LogP) is 2.00. The third-order valence-corrected chi connectivity index (χ3v) is 1.64. The van der Waals surface area contributed by atoms with Crippen molar-refractivity contribution in [2.75, 3.05) is 0 Å². The molecule has 0 aliphatic carbocycles. The summed E-state index contributed by atoms with van der Waals surface area (Å²) in [6.45, 7) is 5.47. The van der Waals surface area contributed by atoms with Gasteiger partial charge in [-0.05, 0) is 25.5 Å². The molecule has 0 saturated heterocycles. The molecule has 0 fully saturated rings. The molecule has 0 amide bonds. The van der Waals surface area contributed by atoms with Crippen molar-refractivity contribution < 1.29 is 5.11 Å². The highest BCUT2D eigenvalue weighted by Gasteiger charge is 2.05. The van der Waals surface area contributed by atoms with Crippen molar-refractivity contribution in [3.8, 4) is 0 Å². The van der Waals surface area contributed by atoms with Crippen LogP contribution in [0.1, 0.15) is 23.9 Å². The minimum absolute atomic E-state index is 0.512. The maximum atomic E-state index is 9.51. The monoisotopic (exact) mass is 163 g/mol. The quantitative estimate of drug-likeness (QED) is 0.691. The van der Waals surface area contributed by atoms with E-state index in [2.05, 4.69) is 11.6 Å². The van der Waals surface area contributed by atoms with Crippen LogP contribution in [0, 0.1) is 6.92 Å². The second kappa shape index (κ2) is 4.02. The molecule has 1 heterocycles. The molecule has 64 valence electrons. The maximum Gasteiger partial charge on any atom is 0.0994 e. The van der Waals surface area contributed by atoms with Crippen LogP contribution in [-0.2, 0) is 0 Å². The first-order chi connectivity index (χ1) is 5.74. The number of aliphatic hydroxyl groups excluding tert-OH is 1. The van der Waals surface area contributed by atoms with Crippen molar-refractivity contribution >= 4 is 0 Å². The lowest BCUT2D eigenvalue weighted by Gasteiger charge is -2.06. The van der Waals surface area contributed by atoms with Crippen LogP contribution in [0.15, 0.2) is 30.9 Å². The van der Waals surface area contributed by atoms with Gasteiger partial charge in [-0.2, -0.15) is 0 Å². The number of rotatable bonds is 3. The molecule has 0 radical (unpaired) electrons. The first kappa shape index (κ1) is 8.94. The Morgan fingerprint density at radius 2 is 2.42 bits per heavy atom. The molecule has 0 spiro atoms. The molecule has 0 aromatic carbocycles. The SMILES string of the molecule is C=CC[C@H](O)c1cccc(C)n1. The Bertz CT molecular complexity index is 270. The van der Waals surface area contributed by atoms with Crippen LogP contribution in [-0.4, -0.2) is 10.1 Å². The van der Waals surface area contributed by atoms with Crippen molar-refractivity contribution in [2.24, 2.45) is 0 Å². The fourth-order valence-corrected chi connectivity index (χ4v) is 1.03. The van der Waals surface area contributed by atoms with E-state index in [-0.39, 0.29) is 0 Å². The second-order valence-corrected chi connectivity index (χ2v) is 2.74. The minimum atomic E-state index is -0.512. The molecule has 0 unspecified atom stereocenters. The summed E-state index contributed by atoms with van der Waals surface area (Å²) in [7, 11) is 0. The van der Waals surface area contributed by atoms with Crippen molar-refractivity contribution in [1.82, 2.24) is 4.98 Å². The molecular formula is C10H13NO. The molecule has 1 aromatic heterocycles. The number of pyridine rings is 1. The Morgan fingerprint density at radius 1 is 1.67 bits per heavy atom. The largest absolute Gasteiger partial charge is 0.386 e. The molecule has 0 saturated carbocycles. The zero-order valence-corrected chi connectivity index (χ0v) is 7.20.